The molecule has 2 nitrogen and oxygen atoms in total. The van der Waals surface area contributed by atoms with Gasteiger partial charge in [0.05, 0.1) is 6.04 Å². The van der Waals surface area contributed by atoms with Gasteiger partial charge in [-0.25, -0.2) is 0 Å². The van der Waals surface area contributed by atoms with E-state index in [4.69, 9.17) is 23.2 Å². The summed E-state index contributed by atoms with van der Waals surface area (Å²) in [7, 11) is 0. The molecule has 0 saturated carbocycles. The van der Waals surface area contributed by atoms with E-state index in [2.05, 4.69) is 37.5 Å². The third kappa shape index (κ3) is 9.76. The second-order valence-electron chi connectivity index (χ2n) is 7.63. The number of amides is 1. The highest BCUT2D eigenvalue weighted by Crippen LogP contribution is 2.38. The van der Waals surface area contributed by atoms with E-state index in [0.29, 0.717) is 5.91 Å². The molecule has 0 aromatic heterocycles. The number of thioether (sulfide) groups is 1. The van der Waals surface area contributed by atoms with Gasteiger partial charge in [0.1, 0.15) is 0 Å². The highest BCUT2D eigenvalue weighted by molar-refractivity contribution is 7.99. The van der Waals surface area contributed by atoms with Gasteiger partial charge in [0, 0.05) is 27.8 Å². The van der Waals surface area contributed by atoms with Crippen LogP contribution in [0.2, 0.25) is 10.0 Å². The lowest BCUT2D eigenvalue weighted by Gasteiger charge is -2.44. The lowest BCUT2D eigenvalue weighted by Crippen LogP contribution is -2.49. The molecule has 0 spiro atoms. The van der Waals surface area contributed by atoms with Crippen LogP contribution in [0.4, 0.5) is 0 Å². The second kappa shape index (κ2) is 17.1. The molecule has 1 heterocycles. The van der Waals surface area contributed by atoms with Gasteiger partial charge < -0.3 is 4.90 Å². The van der Waals surface area contributed by atoms with Crippen molar-refractivity contribution < 1.29 is 4.79 Å². The van der Waals surface area contributed by atoms with E-state index in [1.165, 1.54) is 5.56 Å². The Kier molecular flexibility index (Phi) is 15.3. The molecule has 182 valence electrons. The van der Waals surface area contributed by atoms with Crippen molar-refractivity contribution in [2.75, 3.05) is 11.5 Å². The Balaban J connectivity index is 0.000000508. The molecule has 1 unspecified atom stereocenters. The number of hydrogen-bond donors (Lipinski definition) is 0. The molecular formula is C28H39Cl2NOS. The third-order valence-electron chi connectivity index (χ3n) is 5.55. The van der Waals surface area contributed by atoms with Gasteiger partial charge in [-0.2, -0.15) is 11.8 Å². The zero-order valence-corrected chi connectivity index (χ0v) is 22.8. The van der Waals surface area contributed by atoms with Gasteiger partial charge in [-0.05, 0) is 61.3 Å². The largest absolute Gasteiger partial charge is 0.332 e. The minimum Gasteiger partial charge on any atom is -0.332 e. The van der Waals surface area contributed by atoms with Gasteiger partial charge in [0.15, 0.2) is 0 Å². The standard InChI is InChI=1S/C20H28ClNOS.C6H5Cl.C2H6/c1-4-7-16-10-13-19(15-8-11-17(21)12-9-15)22(20(16)23)18(5-2)14-24-6-3;7-6-4-2-1-3-5-6;1-2/h4,8-9,11-12,16,18-19H,1,5-7,10,13-14H2,2-3H3;1-5H;1-2H3/t16-,18-,19?;;/m0../s1. The number of piperidine rings is 1. The number of carbonyl (C=O) groups is 1. The number of carbonyl (C=O) groups excluding carboxylic acids is 1. The lowest BCUT2D eigenvalue weighted by atomic mass is 9.85. The topological polar surface area (TPSA) is 20.3 Å². The van der Waals surface area contributed by atoms with E-state index >= 15 is 0 Å². The van der Waals surface area contributed by atoms with Crippen LogP contribution in [-0.4, -0.2) is 28.4 Å². The molecule has 33 heavy (non-hydrogen) atoms. The van der Waals surface area contributed by atoms with Crippen molar-refractivity contribution in [3.05, 3.63) is 82.9 Å². The van der Waals surface area contributed by atoms with Gasteiger partial charge in [0.25, 0.3) is 0 Å². The summed E-state index contributed by atoms with van der Waals surface area (Å²) in [6, 6.07) is 17.9. The van der Waals surface area contributed by atoms with Crippen LogP contribution in [0.3, 0.4) is 0 Å². The van der Waals surface area contributed by atoms with Crippen LogP contribution in [0.15, 0.2) is 67.3 Å². The summed E-state index contributed by atoms with van der Waals surface area (Å²) in [6.07, 6.45) is 5.60. The van der Waals surface area contributed by atoms with Crippen molar-refractivity contribution in [1.82, 2.24) is 4.90 Å². The SMILES string of the molecule is C=CC[C@H]1CCC(c2ccc(Cl)cc2)N([C@@H](CC)CSCC)C1=O.CC.Clc1ccccc1. The minimum absolute atomic E-state index is 0.0896. The molecule has 0 aliphatic carbocycles. The third-order valence-corrected chi connectivity index (χ3v) is 7.08. The first-order valence-electron chi connectivity index (χ1n) is 12.0. The summed E-state index contributed by atoms with van der Waals surface area (Å²) < 4.78 is 0. The average molecular weight is 509 g/mol. The van der Waals surface area contributed by atoms with Crippen molar-refractivity contribution >= 4 is 40.9 Å². The Bertz CT molecular complexity index is 797. The van der Waals surface area contributed by atoms with E-state index in [1.807, 2.05) is 74.1 Å². The summed E-state index contributed by atoms with van der Waals surface area (Å²) >= 11 is 13.5. The molecule has 1 amide bonds. The van der Waals surface area contributed by atoms with E-state index in [9.17, 15) is 4.79 Å². The highest BCUT2D eigenvalue weighted by atomic mass is 35.5. The van der Waals surface area contributed by atoms with Gasteiger partial charge in [0.2, 0.25) is 5.91 Å². The van der Waals surface area contributed by atoms with Crippen molar-refractivity contribution in [3.63, 3.8) is 0 Å². The smallest absolute Gasteiger partial charge is 0.226 e. The minimum atomic E-state index is 0.0896. The molecule has 0 radical (unpaired) electrons. The van der Waals surface area contributed by atoms with Crippen molar-refractivity contribution in [2.24, 2.45) is 5.92 Å². The number of hydrogen-bond acceptors (Lipinski definition) is 2. The Morgan fingerprint density at radius 3 is 2.12 bits per heavy atom. The van der Waals surface area contributed by atoms with Crippen molar-refractivity contribution in [1.29, 1.82) is 0 Å². The predicted molar refractivity (Wildman–Crippen MR) is 148 cm³/mol. The number of benzene rings is 2. The Hall–Kier alpha value is -1.42. The van der Waals surface area contributed by atoms with Crippen LogP contribution < -0.4 is 0 Å². The average Bonchev–Trinajstić information content (AvgIpc) is 2.84. The zero-order valence-electron chi connectivity index (χ0n) is 20.5. The highest BCUT2D eigenvalue weighted by Gasteiger charge is 2.38. The van der Waals surface area contributed by atoms with Crippen LogP contribution in [0, 0.1) is 5.92 Å². The molecular weight excluding hydrogens is 469 g/mol. The van der Waals surface area contributed by atoms with Gasteiger partial charge in [-0.1, -0.05) is 87.3 Å². The molecule has 2 aromatic carbocycles. The fraction of sp³-hybridized carbons (Fsp3) is 0.464. The first kappa shape index (κ1) is 29.6. The quantitative estimate of drug-likeness (QED) is 0.332. The molecule has 5 heteroatoms. The first-order chi connectivity index (χ1) is 16.0. The van der Waals surface area contributed by atoms with Crippen LogP contribution in [-0.2, 0) is 4.79 Å². The monoisotopic (exact) mass is 507 g/mol. The maximum Gasteiger partial charge on any atom is 0.226 e. The van der Waals surface area contributed by atoms with Crippen LogP contribution in [0.1, 0.15) is 65.0 Å². The lowest BCUT2D eigenvalue weighted by molar-refractivity contribution is -0.144. The van der Waals surface area contributed by atoms with Crippen LogP contribution in [0.5, 0.6) is 0 Å². The first-order valence-corrected chi connectivity index (χ1v) is 13.9. The maximum absolute atomic E-state index is 13.2. The number of allylic oxidation sites excluding steroid dienone is 1. The van der Waals surface area contributed by atoms with E-state index < -0.39 is 0 Å². The summed E-state index contributed by atoms with van der Waals surface area (Å²) in [4.78, 5) is 15.3. The van der Waals surface area contributed by atoms with Gasteiger partial charge in [-0.3, -0.25) is 4.79 Å². The van der Waals surface area contributed by atoms with Gasteiger partial charge in [-0.15, -0.1) is 6.58 Å². The molecule has 1 saturated heterocycles. The maximum atomic E-state index is 13.2. The zero-order chi connectivity index (χ0) is 24.6. The normalized spacial score (nSPS) is 18.4. The predicted octanol–water partition coefficient (Wildman–Crippen LogP) is 9.09. The van der Waals surface area contributed by atoms with Crippen LogP contribution in [0.25, 0.3) is 0 Å². The van der Waals surface area contributed by atoms with E-state index in [0.717, 1.165) is 47.2 Å². The van der Waals surface area contributed by atoms with E-state index in [-0.39, 0.29) is 18.0 Å². The molecule has 0 N–H and O–H groups in total. The molecule has 2 aromatic rings. The van der Waals surface area contributed by atoms with Crippen molar-refractivity contribution in [2.45, 2.75) is 65.5 Å². The fourth-order valence-electron chi connectivity index (χ4n) is 3.92. The molecule has 1 fully saturated rings. The summed E-state index contributed by atoms with van der Waals surface area (Å²) in [6.45, 7) is 12.2. The van der Waals surface area contributed by atoms with E-state index in [1.54, 1.807) is 0 Å². The Morgan fingerprint density at radius 2 is 1.64 bits per heavy atom. The summed E-state index contributed by atoms with van der Waals surface area (Å²) in [5.74, 6) is 2.47. The van der Waals surface area contributed by atoms with Crippen LogP contribution >= 0.6 is 35.0 Å². The fourth-order valence-corrected chi connectivity index (χ4v) is 5.09. The number of rotatable bonds is 8. The Labute approximate surface area is 215 Å². The number of nitrogens with zero attached hydrogens (tertiary/aromatic N) is 1. The number of halogens is 2. The summed E-state index contributed by atoms with van der Waals surface area (Å²) in [5.41, 5.74) is 1.20. The molecule has 0 bridgehead atoms. The molecule has 3 rings (SSSR count). The number of likely N-dealkylation sites (tertiary alicyclic amines) is 1. The molecule has 1 aliphatic heterocycles. The molecule has 3 atom stereocenters. The summed E-state index contributed by atoms with van der Waals surface area (Å²) in [5, 5.41) is 1.54. The molecule has 1 aliphatic rings. The van der Waals surface area contributed by atoms with Gasteiger partial charge >= 0.3 is 0 Å². The van der Waals surface area contributed by atoms with Crippen molar-refractivity contribution in [3.8, 4) is 0 Å². The Morgan fingerprint density at radius 1 is 1.03 bits per heavy atom. The second-order valence-corrected chi connectivity index (χ2v) is 9.82.